The summed E-state index contributed by atoms with van der Waals surface area (Å²) < 4.78 is 11.8. The minimum absolute atomic E-state index is 0.292. The molecule has 0 aliphatic carbocycles. The van der Waals surface area contributed by atoms with Crippen LogP contribution in [0.1, 0.15) is 21.5 Å². The molecule has 3 aromatic carbocycles. The van der Waals surface area contributed by atoms with E-state index in [9.17, 15) is 4.79 Å². The zero-order valence-electron chi connectivity index (χ0n) is 18.8. The number of ether oxygens (including phenoxy) is 2. The second-order valence-electron chi connectivity index (χ2n) is 7.37. The van der Waals surface area contributed by atoms with Gasteiger partial charge in [0.25, 0.3) is 5.91 Å². The normalized spacial score (nSPS) is 10.6. The number of hydrogen-bond acceptors (Lipinski definition) is 7. The molecule has 9 heteroatoms. The molecule has 34 heavy (non-hydrogen) atoms. The highest BCUT2D eigenvalue weighted by Gasteiger charge is 2.20. The van der Waals surface area contributed by atoms with Gasteiger partial charge in [0.1, 0.15) is 11.5 Å². The van der Waals surface area contributed by atoms with Crippen molar-refractivity contribution in [2.24, 2.45) is 0 Å². The summed E-state index contributed by atoms with van der Waals surface area (Å²) in [5.41, 5.74) is 2.28. The first-order valence-electron chi connectivity index (χ1n) is 10.6. The number of hydrogen-bond donors (Lipinski definition) is 2. The fraction of sp³-hybridized carbons (Fsp3) is 0.160. The monoisotopic (exact) mass is 477 g/mol. The Balaban J connectivity index is 1.58. The van der Waals surface area contributed by atoms with Crippen molar-refractivity contribution in [3.8, 4) is 11.5 Å². The van der Waals surface area contributed by atoms with Crippen LogP contribution >= 0.6 is 11.6 Å². The third kappa shape index (κ3) is 5.47. The van der Waals surface area contributed by atoms with Crippen molar-refractivity contribution in [3.63, 3.8) is 0 Å². The fourth-order valence-electron chi connectivity index (χ4n) is 3.32. The highest BCUT2D eigenvalue weighted by atomic mass is 35.5. The Labute approximate surface area is 202 Å². The molecule has 1 aromatic heterocycles. The van der Waals surface area contributed by atoms with Crippen molar-refractivity contribution >= 4 is 29.4 Å². The Bertz CT molecular complexity index is 1290. The summed E-state index contributed by atoms with van der Waals surface area (Å²) >= 11 is 6.26. The van der Waals surface area contributed by atoms with E-state index in [1.807, 2.05) is 48.5 Å². The Morgan fingerprint density at radius 2 is 1.50 bits per heavy atom. The van der Waals surface area contributed by atoms with Crippen LogP contribution in [0.2, 0.25) is 5.02 Å². The molecular formula is C25H24ClN5O3. The van der Waals surface area contributed by atoms with Crippen molar-refractivity contribution in [1.29, 1.82) is 0 Å². The number of carbonyl (C=O) groups excluding carboxylic acids is 1. The van der Waals surface area contributed by atoms with Crippen LogP contribution in [-0.2, 0) is 13.1 Å². The molecule has 1 heterocycles. The first kappa shape index (κ1) is 23.1. The molecule has 174 valence electrons. The van der Waals surface area contributed by atoms with E-state index in [1.54, 1.807) is 38.5 Å². The van der Waals surface area contributed by atoms with Crippen molar-refractivity contribution in [3.05, 3.63) is 94.5 Å². The Morgan fingerprint density at radius 1 is 0.882 bits per heavy atom. The standard InChI is InChI=1S/C25H24ClN5O3/c1-33-19-9-5-7-17(13-19)15-27-24-29-25(28-16-18-8-6-10-20(14-18)34-2)31(30-24)23(32)21-11-3-4-12-22(21)26/h3-14H,15-16H2,1-2H3,(H2,27,28,29,30). The summed E-state index contributed by atoms with van der Waals surface area (Å²) in [6, 6.07) is 22.1. The van der Waals surface area contributed by atoms with Gasteiger partial charge < -0.3 is 20.1 Å². The second kappa shape index (κ2) is 10.7. The second-order valence-corrected chi connectivity index (χ2v) is 7.77. The molecule has 8 nitrogen and oxygen atoms in total. The van der Waals surface area contributed by atoms with Gasteiger partial charge in [-0.25, -0.2) is 0 Å². The Hall–Kier alpha value is -4.04. The number of benzene rings is 3. The number of nitrogens with one attached hydrogen (secondary N) is 2. The van der Waals surface area contributed by atoms with Gasteiger partial charge in [0.2, 0.25) is 11.9 Å². The van der Waals surface area contributed by atoms with Crippen LogP contribution < -0.4 is 20.1 Å². The van der Waals surface area contributed by atoms with Gasteiger partial charge in [0, 0.05) is 13.1 Å². The summed E-state index contributed by atoms with van der Waals surface area (Å²) in [6.07, 6.45) is 0. The first-order chi connectivity index (χ1) is 16.6. The van der Waals surface area contributed by atoms with E-state index in [2.05, 4.69) is 20.7 Å². The number of halogens is 1. The van der Waals surface area contributed by atoms with Crippen LogP contribution in [0.5, 0.6) is 11.5 Å². The van der Waals surface area contributed by atoms with Gasteiger partial charge in [-0.1, -0.05) is 48.0 Å². The zero-order chi connectivity index (χ0) is 23.9. The van der Waals surface area contributed by atoms with Crippen LogP contribution in [0, 0.1) is 0 Å². The van der Waals surface area contributed by atoms with E-state index >= 15 is 0 Å². The minimum atomic E-state index is -0.388. The van der Waals surface area contributed by atoms with Gasteiger partial charge in [0.05, 0.1) is 24.8 Å². The molecule has 0 unspecified atom stereocenters. The van der Waals surface area contributed by atoms with Crippen LogP contribution in [0.25, 0.3) is 0 Å². The number of methoxy groups -OCH3 is 2. The molecular weight excluding hydrogens is 454 g/mol. The minimum Gasteiger partial charge on any atom is -0.497 e. The smallest absolute Gasteiger partial charge is 0.282 e. The molecule has 0 spiro atoms. The molecule has 0 aliphatic heterocycles. The van der Waals surface area contributed by atoms with Crippen LogP contribution in [0.3, 0.4) is 0 Å². The molecule has 0 saturated carbocycles. The molecule has 0 amide bonds. The predicted octanol–water partition coefficient (Wildman–Crippen LogP) is 4.86. The maximum atomic E-state index is 13.2. The molecule has 0 aliphatic rings. The lowest BCUT2D eigenvalue weighted by Crippen LogP contribution is -2.18. The highest BCUT2D eigenvalue weighted by Crippen LogP contribution is 2.21. The number of nitrogens with zero attached hydrogens (tertiary/aromatic N) is 3. The molecule has 0 fully saturated rings. The first-order valence-corrected chi connectivity index (χ1v) is 10.9. The molecule has 0 radical (unpaired) electrons. The number of rotatable bonds is 9. The number of carbonyl (C=O) groups is 1. The van der Waals surface area contributed by atoms with E-state index in [1.165, 1.54) is 4.68 Å². The van der Waals surface area contributed by atoms with Gasteiger partial charge in [-0.15, -0.1) is 5.10 Å². The van der Waals surface area contributed by atoms with Crippen molar-refractivity contribution in [2.45, 2.75) is 13.1 Å². The maximum Gasteiger partial charge on any atom is 0.282 e. The van der Waals surface area contributed by atoms with Crippen LogP contribution in [-0.4, -0.2) is 34.9 Å². The quantitative estimate of drug-likeness (QED) is 0.355. The molecule has 0 bridgehead atoms. The van der Waals surface area contributed by atoms with Gasteiger partial charge >= 0.3 is 0 Å². The highest BCUT2D eigenvalue weighted by molar-refractivity contribution is 6.33. The zero-order valence-corrected chi connectivity index (χ0v) is 19.5. The topological polar surface area (TPSA) is 90.3 Å². The summed E-state index contributed by atoms with van der Waals surface area (Å²) in [5, 5.41) is 11.1. The Morgan fingerprint density at radius 3 is 2.12 bits per heavy atom. The van der Waals surface area contributed by atoms with Crippen LogP contribution in [0.15, 0.2) is 72.8 Å². The summed E-state index contributed by atoms with van der Waals surface area (Å²) in [7, 11) is 3.24. The van der Waals surface area contributed by atoms with Crippen molar-refractivity contribution in [2.75, 3.05) is 24.9 Å². The van der Waals surface area contributed by atoms with Gasteiger partial charge in [-0.2, -0.15) is 9.67 Å². The largest absolute Gasteiger partial charge is 0.497 e. The third-order valence-electron chi connectivity index (χ3n) is 5.07. The summed E-state index contributed by atoms with van der Waals surface area (Å²) in [5.74, 6) is 1.71. The molecule has 2 N–H and O–H groups in total. The molecule has 4 rings (SSSR count). The lowest BCUT2D eigenvalue weighted by atomic mass is 10.2. The fourth-order valence-corrected chi connectivity index (χ4v) is 3.54. The molecule has 0 saturated heterocycles. The number of anilines is 2. The average Bonchev–Trinajstić information content (AvgIpc) is 3.29. The lowest BCUT2D eigenvalue weighted by Gasteiger charge is -2.09. The van der Waals surface area contributed by atoms with Crippen molar-refractivity contribution < 1.29 is 14.3 Å². The number of aromatic nitrogens is 3. The molecule has 0 atom stereocenters. The molecule has 4 aromatic rings. The maximum absolute atomic E-state index is 13.2. The van der Waals surface area contributed by atoms with Gasteiger partial charge in [-0.3, -0.25) is 4.79 Å². The van der Waals surface area contributed by atoms with Crippen LogP contribution in [0.4, 0.5) is 11.9 Å². The SMILES string of the molecule is COc1cccc(CNc2nc(NCc3cccc(OC)c3)n(C(=O)c3ccccc3Cl)n2)c1. The predicted molar refractivity (Wildman–Crippen MR) is 132 cm³/mol. The average molecular weight is 478 g/mol. The van der Waals surface area contributed by atoms with Gasteiger partial charge in [0.15, 0.2) is 0 Å². The van der Waals surface area contributed by atoms with Gasteiger partial charge in [-0.05, 0) is 47.5 Å². The van der Waals surface area contributed by atoms with E-state index in [0.717, 1.165) is 22.6 Å². The van der Waals surface area contributed by atoms with E-state index < -0.39 is 0 Å². The van der Waals surface area contributed by atoms with E-state index in [-0.39, 0.29) is 5.91 Å². The third-order valence-corrected chi connectivity index (χ3v) is 5.40. The van der Waals surface area contributed by atoms with E-state index in [0.29, 0.717) is 35.6 Å². The summed E-state index contributed by atoms with van der Waals surface area (Å²) in [4.78, 5) is 17.7. The lowest BCUT2D eigenvalue weighted by molar-refractivity contribution is 0.0947. The summed E-state index contributed by atoms with van der Waals surface area (Å²) in [6.45, 7) is 0.873. The Kier molecular flexibility index (Phi) is 7.29. The van der Waals surface area contributed by atoms with Crippen molar-refractivity contribution in [1.82, 2.24) is 14.8 Å². The van der Waals surface area contributed by atoms with E-state index in [4.69, 9.17) is 21.1 Å².